The van der Waals surface area contributed by atoms with E-state index in [9.17, 15) is 9.59 Å². The van der Waals surface area contributed by atoms with Crippen LogP contribution in [0.3, 0.4) is 0 Å². The second kappa shape index (κ2) is 5.36. The van der Waals surface area contributed by atoms with Gasteiger partial charge in [0.15, 0.2) is 0 Å². The molecule has 0 saturated heterocycles. The normalized spacial score (nSPS) is 16.0. The zero-order valence-corrected chi connectivity index (χ0v) is 11.8. The first kappa shape index (κ1) is 13.3. The van der Waals surface area contributed by atoms with E-state index in [4.69, 9.17) is 5.11 Å². The van der Waals surface area contributed by atoms with E-state index in [1.54, 1.807) is 0 Å². The van der Waals surface area contributed by atoms with Crippen molar-refractivity contribution in [2.24, 2.45) is 0 Å². The molecular weight excluding hydrogens is 276 g/mol. The fraction of sp³-hybridized carbons (Fsp3) is 0.500. The lowest BCUT2D eigenvalue weighted by molar-refractivity contribution is -0.137. The number of hydrogen-bond acceptors (Lipinski definition) is 4. The maximum Gasteiger partial charge on any atom is 0.303 e. The summed E-state index contributed by atoms with van der Waals surface area (Å²) in [5.41, 5.74) is 1.000. The summed E-state index contributed by atoms with van der Waals surface area (Å²) in [5, 5.41) is 11.4. The Labute approximate surface area is 119 Å². The lowest BCUT2D eigenvalue weighted by atomic mass is 9.98. The third-order valence-electron chi connectivity index (χ3n) is 3.89. The second-order valence-corrected chi connectivity index (χ2v) is 6.12. The van der Waals surface area contributed by atoms with E-state index in [-0.39, 0.29) is 18.4 Å². The Balaban J connectivity index is 1.97. The van der Waals surface area contributed by atoms with Crippen LogP contribution in [0.2, 0.25) is 0 Å². The number of aliphatic carboxylic acids is 1. The van der Waals surface area contributed by atoms with Crippen LogP contribution in [0.25, 0.3) is 10.2 Å². The maximum atomic E-state index is 12.2. The van der Waals surface area contributed by atoms with Crippen LogP contribution in [0.5, 0.6) is 0 Å². The minimum atomic E-state index is -0.884. The van der Waals surface area contributed by atoms with Gasteiger partial charge in [0.05, 0.1) is 11.8 Å². The number of carboxylic acids is 1. The number of carbonyl (C=O) groups is 1. The van der Waals surface area contributed by atoms with Crippen LogP contribution in [-0.2, 0) is 11.2 Å². The molecular formula is C14H16N2O3S. The Morgan fingerprint density at radius 1 is 1.45 bits per heavy atom. The molecule has 0 aliphatic heterocycles. The average Bonchev–Trinajstić information content (AvgIpc) is 3.04. The van der Waals surface area contributed by atoms with Gasteiger partial charge in [0.1, 0.15) is 10.7 Å². The molecule has 6 heteroatoms. The van der Waals surface area contributed by atoms with Crippen LogP contribution in [-0.4, -0.2) is 21.0 Å². The highest BCUT2D eigenvalue weighted by Crippen LogP contribution is 2.38. The van der Waals surface area contributed by atoms with Crippen molar-refractivity contribution < 1.29 is 9.90 Å². The smallest absolute Gasteiger partial charge is 0.303 e. The van der Waals surface area contributed by atoms with Crippen LogP contribution in [0, 0.1) is 0 Å². The highest BCUT2D eigenvalue weighted by atomic mass is 32.1. The number of nitrogens with zero attached hydrogens (tertiary/aromatic N) is 1. The molecule has 1 aliphatic rings. The van der Waals surface area contributed by atoms with E-state index in [1.807, 2.05) is 5.38 Å². The number of thiophene rings is 1. The van der Waals surface area contributed by atoms with Gasteiger partial charge >= 0.3 is 5.97 Å². The summed E-state index contributed by atoms with van der Waals surface area (Å²) in [4.78, 5) is 30.7. The number of aromatic amines is 1. The van der Waals surface area contributed by atoms with Crippen molar-refractivity contribution in [2.75, 3.05) is 0 Å². The molecule has 0 spiro atoms. The fourth-order valence-electron chi connectivity index (χ4n) is 2.90. The standard InChI is InChI=1S/C14H16N2O3S/c17-11(18)6-5-10-15-13(19)12-9(7-20-14(12)16-10)8-3-1-2-4-8/h7-8H,1-6H2,(H,17,18)(H,15,16,19). The molecule has 106 valence electrons. The minimum Gasteiger partial charge on any atom is -0.481 e. The van der Waals surface area contributed by atoms with E-state index in [2.05, 4.69) is 9.97 Å². The van der Waals surface area contributed by atoms with Gasteiger partial charge in [-0.2, -0.15) is 0 Å². The minimum absolute atomic E-state index is 0.0185. The molecule has 5 nitrogen and oxygen atoms in total. The predicted octanol–water partition coefficient (Wildman–Crippen LogP) is 2.66. The van der Waals surface area contributed by atoms with Crippen LogP contribution < -0.4 is 5.56 Å². The fourth-order valence-corrected chi connectivity index (χ4v) is 3.94. The van der Waals surface area contributed by atoms with Crippen LogP contribution in [0.4, 0.5) is 0 Å². The second-order valence-electron chi connectivity index (χ2n) is 5.26. The summed E-state index contributed by atoms with van der Waals surface area (Å²) in [7, 11) is 0. The largest absolute Gasteiger partial charge is 0.481 e. The number of carboxylic acid groups (broad SMARTS) is 1. The zero-order chi connectivity index (χ0) is 14.1. The van der Waals surface area contributed by atoms with Crippen molar-refractivity contribution in [3.8, 4) is 0 Å². The number of aromatic nitrogens is 2. The van der Waals surface area contributed by atoms with Gasteiger partial charge in [-0.3, -0.25) is 9.59 Å². The summed E-state index contributed by atoms with van der Waals surface area (Å²) in [6.45, 7) is 0. The van der Waals surface area contributed by atoms with Gasteiger partial charge in [0, 0.05) is 6.42 Å². The number of aryl methyl sites for hydroxylation is 1. The van der Waals surface area contributed by atoms with E-state index < -0.39 is 5.97 Å². The van der Waals surface area contributed by atoms with Gasteiger partial charge in [-0.15, -0.1) is 11.3 Å². The Hall–Kier alpha value is -1.69. The van der Waals surface area contributed by atoms with Crippen molar-refractivity contribution in [3.63, 3.8) is 0 Å². The number of rotatable bonds is 4. The Kier molecular flexibility index (Phi) is 3.56. The highest BCUT2D eigenvalue weighted by molar-refractivity contribution is 7.16. The first-order valence-electron chi connectivity index (χ1n) is 6.87. The molecule has 0 amide bonds. The Morgan fingerprint density at radius 3 is 2.90 bits per heavy atom. The SMILES string of the molecule is O=C(O)CCc1nc2scc(C3CCCC3)c2c(=O)[nH]1. The average molecular weight is 292 g/mol. The predicted molar refractivity (Wildman–Crippen MR) is 77.4 cm³/mol. The lowest BCUT2D eigenvalue weighted by Crippen LogP contribution is -2.13. The van der Waals surface area contributed by atoms with Crippen molar-refractivity contribution in [3.05, 3.63) is 27.1 Å². The van der Waals surface area contributed by atoms with Gasteiger partial charge < -0.3 is 10.1 Å². The summed E-state index contributed by atoms with van der Waals surface area (Å²) in [6, 6.07) is 0. The van der Waals surface area contributed by atoms with Gasteiger partial charge in [0.25, 0.3) is 5.56 Å². The molecule has 2 heterocycles. The lowest BCUT2D eigenvalue weighted by Gasteiger charge is -2.07. The number of H-pyrrole nitrogens is 1. The van der Waals surface area contributed by atoms with E-state index in [0.29, 0.717) is 17.1 Å². The van der Waals surface area contributed by atoms with E-state index in [1.165, 1.54) is 24.2 Å². The topological polar surface area (TPSA) is 83.0 Å². The van der Waals surface area contributed by atoms with Crippen molar-refractivity contribution in [2.45, 2.75) is 44.4 Å². The first-order valence-corrected chi connectivity index (χ1v) is 7.75. The molecule has 1 fully saturated rings. The van der Waals surface area contributed by atoms with Gasteiger partial charge in [-0.05, 0) is 29.7 Å². The number of hydrogen-bond donors (Lipinski definition) is 2. The zero-order valence-electron chi connectivity index (χ0n) is 11.0. The molecule has 2 aromatic rings. The van der Waals surface area contributed by atoms with E-state index >= 15 is 0 Å². The number of nitrogens with one attached hydrogen (secondary N) is 1. The molecule has 0 bridgehead atoms. The Bertz CT molecular complexity index is 698. The van der Waals surface area contributed by atoms with Gasteiger partial charge in [-0.25, -0.2) is 4.98 Å². The third kappa shape index (κ3) is 2.47. The molecule has 0 radical (unpaired) electrons. The molecule has 2 N–H and O–H groups in total. The van der Waals surface area contributed by atoms with Crippen LogP contribution in [0.1, 0.15) is 49.4 Å². The van der Waals surface area contributed by atoms with Crippen molar-refractivity contribution in [1.29, 1.82) is 0 Å². The summed E-state index contributed by atoms with van der Waals surface area (Å²) in [5.74, 6) is 0.0619. The molecule has 3 rings (SSSR count). The van der Waals surface area contributed by atoms with Crippen LogP contribution >= 0.6 is 11.3 Å². The van der Waals surface area contributed by atoms with Gasteiger partial charge in [-0.1, -0.05) is 12.8 Å². The molecule has 20 heavy (non-hydrogen) atoms. The van der Waals surface area contributed by atoms with E-state index in [0.717, 1.165) is 23.2 Å². The summed E-state index contributed by atoms with van der Waals surface area (Å²) < 4.78 is 0. The molecule has 0 atom stereocenters. The monoisotopic (exact) mass is 292 g/mol. The summed E-state index contributed by atoms with van der Waals surface area (Å²) in [6.07, 6.45) is 4.98. The van der Waals surface area contributed by atoms with Gasteiger partial charge in [0.2, 0.25) is 0 Å². The molecule has 1 saturated carbocycles. The first-order chi connectivity index (χ1) is 9.65. The van der Waals surface area contributed by atoms with Crippen LogP contribution in [0.15, 0.2) is 10.2 Å². The number of fused-ring (bicyclic) bond motifs is 1. The third-order valence-corrected chi connectivity index (χ3v) is 4.78. The molecule has 1 aliphatic carbocycles. The Morgan fingerprint density at radius 2 is 2.20 bits per heavy atom. The molecule has 2 aromatic heterocycles. The maximum absolute atomic E-state index is 12.2. The van der Waals surface area contributed by atoms with Crippen molar-refractivity contribution >= 4 is 27.5 Å². The highest BCUT2D eigenvalue weighted by Gasteiger charge is 2.22. The summed E-state index contributed by atoms with van der Waals surface area (Å²) >= 11 is 1.48. The molecule has 0 unspecified atom stereocenters. The quantitative estimate of drug-likeness (QED) is 0.907. The molecule has 0 aromatic carbocycles. The van der Waals surface area contributed by atoms with Crippen molar-refractivity contribution in [1.82, 2.24) is 9.97 Å².